The van der Waals surface area contributed by atoms with Crippen molar-refractivity contribution in [1.82, 2.24) is 24.3 Å². The lowest BCUT2D eigenvalue weighted by atomic mass is 10.00. The molecule has 8 heteroatoms. The molecule has 0 amide bonds. The van der Waals surface area contributed by atoms with Gasteiger partial charge in [-0.1, -0.05) is 6.92 Å². The first-order valence-corrected chi connectivity index (χ1v) is 8.92. The fourth-order valence-corrected chi connectivity index (χ4v) is 4.32. The predicted octanol–water partition coefficient (Wildman–Crippen LogP) is 0.627. The molecule has 2 atom stereocenters. The lowest BCUT2D eigenvalue weighted by Gasteiger charge is -2.32. The van der Waals surface area contributed by atoms with Crippen LogP contribution in [0.25, 0.3) is 0 Å². The average molecular weight is 315 g/mol. The summed E-state index contributed by atoms with van der Waals surface area (Å²) >= 11 is 0. The topological polar surface area (TPSA) is 90.1 Å². The molecule has 1 aromatic heterocycles. The number of imidazole rings is 1. The molecule has 2 unspecified atom stereocenters. The van der Waals surface area contributed by atoms with Crippen molar-refractivity contribution in [3.63, 3.8) is 0 Å². The van der Waals surface area contributed by atoms with Crippen molar-refractivity contribution in [2.45, 2.75) is 32.2 Å². The van der Waals surface area contributed by atoms with E-state index < -0.39 is 10.2 Å². The molecule has 1 aliphatic rings. The maximum Gasteiger partial charge on any atom is 0.280 e. The van der Waals surface area contributed by atoms with Crippen molar-refractivity contribution >= 4 is 10.2 Å². The van der Waals surface area contributed by atoms with Crippen molar-refractivity contribution in [1.29, 1.82) is 0 Å². The van der Waals surface area contributed by atoms with E-state index in [2.05, 4.69) is 20.0 Å². The minimum atomic E-state index is -3.48. The van der Waals surface area contributed by atoms with E-state index in [9.17, 15) is 8.42 Å². The first-order chi connectivity index (χ1) is 10.1. The third-order valence-electron chi connectivity index (χ3n) is 3.86. The summed E-state index contributed by atoms with van der Waals surface area (Å²) in [6.07, 6.45) is 5.97. The maximum atomic E-state index is 12.6. The number of hydrogen-bond acceptors (Lipinski definition) is 4. The van der Waals surface area contributed by atoms with Gasteiger partial charge >= 0.3 is 0 Å². The Bertz CT molecular complexity index is 515. The Morgan fingerprint density at radius 3 is 3.00 bits per heavy atom. The van der Waals surface area contributed by atoms with Gasteiger partial charge in [0.25, 0.3) is 10.2 Å². The number of hydrogen-bond donors (Lipinski definition) is 3. The number of H-pyrrole nitrogens is 1. The van der Waals surface area contributed by atoms with Gasteiger partial charge in [0.1, 0.15) is 5.82 Å². The molecule has 1 aliphatic heterocycles. The quantitative estimate of drug-likeness (QED) is 0.688. The standard InChI is InChI=1S/C13H25N5O2S/c1-3-12(13-15-6-7-16-13)17-21(19,20)18-8-4-5-11(10-18)9-14-2/h6-7,11-12,14,17H,3-5,8-10H2,1-2H3,(H,15,16). The van der Waals surface area contributed by atoms with E-state index in [0.29, 0.717) is 31.3 Å². The molecule has 0 saturated carbocycles. The molecule has 21 heavy (non-hydrogen) atoms. The van der Waals surface area contributed by atoms with Crippen LogP contribution >= 0.6 is 0 Å². The van der Waals surface area contributed by atoms with Crippen LogP contribution in [0.5, 0.6) is 0 Å². The third-order valence-corrected chi connectivity index (χ3v) is 5.46. The molecule has 0 radical (unpaired) electrons. The molecule has 1 saturated heterocycles. The van der Waals surface area contributed by atoms with Crippen LogP contribution < -0.4 is 10.0 Å². The van der Waals surface area contributed by atoms with Crippen molar-refractivity contribution < 1.29 is 8.42 Å². The molecule has 1 fully saturated rings. The Labute approximate surface area is 126 Å². The van der Waals surface area contributed by atoms with Crippen LogP contribution in [-0.4, -0.2) is 49.4 Å². The molecule has 0 aliphatic carbocycles. The van der Waals surface area contributed by atoms with Crippen molar-refractivity contribution in [2.75, 3.05) is 26.7 Å². The number of rotatable bonds is 7. The number of nitrogens with one attached hydrogen (secondary N) is 3. The van der Waals surface area contributed by atoms with Crippen LogP contribution in [0, 0.1) is 5.92 Å². The van der Waals surface area contributed by atoms with Crippen LogP contribution in [0.3, 0.4) is 0 Å². The van der Waals surface area contributed by atoms with E-state index in [1.165, 1.54) is 0 Å². The van der Waals surface area contributed by atoms with Gasteiger partial charge in [0, 0.05) is 25.5 Å². The summed E-state index contributed by atoms with van der Waals surface area (Å²) in [5.74, 6) is 1.04. The number of piperidine rings is 1. The van der Waals surface area contributed by atoms with Crippen LogP contribution in [0.15, 0.2) is 12.4 Å². The predicted molar refractivity (Wildman–Crippen MR) is 81.9 cm³/mol. The molecule has 2 rings (SSSR count). The largest absolute Gasteiger partial charge is 0.347 e. The Hall–Kier alpha value is -0.960. The molecular weight excluding hydrogens is 290 g/mol. The van der Waals surface area contributed by atoms with Gasteiger partial charge in [-0.2, -0.15) is 17.4 Å². The highest BCUT2D eigenvalue weighted by Gasteiger charge is 2.30. The van der Waals surface area contributed by atoms with E-state index in [4.69, 9.17) is 0 Å². The van der Waals surface area contributed by atoms with Crippen LogP contribution in [-0.2, 0) is 10.2 Å². The van der Waals surface area contributed by atoms with Crippen molar-refractivity contribution in [3.8, 4) is 0 Å². The van der Waals surface area contributed by atoms with Crippen LogP contribution in [0.2, 0.25) is 0 Å². The van der Waals surface area contributed by atoms with Gasteiger partial charge in [-0.3, -0.25) is 0 Å². The minimum Gasteiger partial charge on any atom is -0.347 e. The van der Waals surface area contributed by atoms with Gasteiger partial charge in [0.15, 0.2) is 0 Å². The van der Waals surface area contributed by atoms with E-state index in [1.54, 1.807) is 16.7 Å². The molecule has 2 heterocycles. The first kappa shape index (κ1) is 16.4. The van der Waals surface area contributed by atoms with Crippen LogP contribution in [0.4, 0.5) is 0 Å². The molecule has 3 N–H and O–H groups in total. The smallest absolute Gasteiger partial charge is 0.280 e. The van der Waals surface area contributed by atoms with E-state index in [-0.39, 0.29) is 6.04 Å². The number of aromatic nitrogens is 2. The fourth-order valence-electron chi connectivity index (χ4n) is 2.76. The summed E-state index contributed by atoms with van der Waals surface area (Å²) in [5.41, 5.74) is 0. The van der Waals surface area contributed by atoms with Gasteiger partial charge in [-0.15, -0.1) is 0 Å². The third kappa shape index (κ3) is 4.26. The highest BCUT2D eigenvalue weighted by molar-refractivity contribution is 7.87. The van der Waals surface area contributed by atoms with Gasteiger partial charge in [0.05, 0.1) is 6.04 Å². The van der Waals surface area contributed by atoms with E-state index in [0.717, 1.165) is 19.4 Å². The molecule has 7 nitrogen and oxygen atoms in total. The molecule has 0 aromatic carbocycles. The molecule has 0 spiro atoms. The first-order valence-electron chi connectivity index (χ1n) is 7.48. The zero-order valence-electron chi connectivity index (χ0n) is 12.7. The molecule has 1 aromatic rings. The lowest BCUT2D eigenvalue weighted by molar-refractivity contribution is 0.259. The summed E-state index contributed by atoms with van der Waals surface area (Å²) in [5, 5.41) is 3.13. The number of nitrogens with zero attached hydrogens (tertiary/aromatic N) is 2. The second-order valence-corrected chi connectivity index (χ2v) is 7.18. The SMILES string of the molecule is CCC(NS(=O)(=O)N1CCCC(CNC)C1)c1ncc[nH]1. The highest BCUT2D eigenvalue weighted by atomic mass is 32.2. The van der Waals surface area contributed by atoms with E-state index >= 15 is 0 Å². The number of aromatic amines is 1. The highest BCUT2D eigenvalue weighted by Crippen LogP contribution is 2.20. The summed E-state index contributed by atoms with van der Waals surface area (Å²) in [7, 11) is -1.58. The summed E-state index contributed by atoms with van der Waals surface area (Å²) in [6.45, 7) is 3.95. The average Bonchev–Trinajstić information content (AvgIpc) is 2.99. The zero-order chi connectivity index (χ0) is 15.3. The van der Waals surface area contributed by atoms with E-state index in [1.807, 2.05) is 14.0 Å². The van der Waals surface area contributed by atoms with Gasteiger partial charge in [-0.25, -0.2) is 4.98 Å². The Morgan fingerprint density at radius 1 is 1.57 bits per heavy atom. The Kier molecular flexibility index (Phi) is 5.74. The fraction of sp³-hybridized carbons (Fsp3) is 0.769. The summed E-state index contributed by atoms with van der Waals surface area (Å²) in [6, 6.07) is -0.310. The van der Waals surface area contributed by atoms with Crippen molar-refractivity contribution in [2.24, 2.45) is 5.92 Å². The normalized spacial score (nSPS) is 22.3. The lowest BCUT2D eigenvalue weighted by Crippen LogP contribution is -2.48. The van der Waals surface area contributed by atoms with Crippen molar-refractivity contribution in [3.05, 3.63) is 18.2 Å². The second-order valence-electron chi connectivity index (χ2n) is 5.48. The Morgan fingerprint density at radius 2 is 2.38 bits per heavy atom. The van der Waals surface area contributed by atoms with Gasteiger partial charge in [0.2, 0.25) is 0 Å². The monoisotopic (exact) mass is 315 g/mol. The minimum absolute atomic E-state index is 0.310. The zero-order valence-corrected chi connectivity index (χ0v) is 13.5. The van der Waals surface area contributed by atoms with Crippen LogP contribution in [0.1, 0.15) is 38.1 Å². The summed E-state index contributed by atoms with van der Waals surface area (Å²) in [4.78, 5) is 7.13. The molecule has 120 valence electrons. The van der Waals surface area contributed by atoms with Gasteiger partial charge in [-0.05, 0) is 38.8 Å². The van der Waals surface area contributed by atoms with Gasteiger partial charge < -0.3 is 10.3 Å². The second kappa shape index (κ2) is 7.35. The maximum absolute atomic E-state index is 12.6. The molecule has 0 bridgehead atoms. The summed E-state index contributed by atoms with van der Waals surface area (Å²) < 4.78 is 29.4. The molecular formula is C13H25N5O2S. The Balaban J connectivity index is 2.03.